The van der Waals surface area contributed by atoms with Crippen molar-refractivity contribution in [1.82, 2.24) is 0 Å². The number of hydrogen-bond acceptors (Lipinski definition) is 0. The highest BCUT2D eigenvalue weighted by Gasteiger charge is 1.54. The van der Waals surface area contributed by atoms with Crippen LogP contribution in [0.25, 0.3) is 0 Å². The maximum Gasteiger partial charge on any atom is 0.0366 e. The van der Waals surface area contributed by atoms with Gasteiger partial charge in [0.2, 0.25) is 0 Å². The average Bonchev–Trinajstić information content (AvgIpc) is 2.21. The number of terminal acetylenes is 1. The molecule has 0 aliphatic rings. The molecule has 0 bridgehead atoms. The summed E-state index contributed by atoms with van der Waals surface area (Å²) in [4.78, 5) is 0. The Labute approximate surface area is 80.5 Å². The van der Waals surface area contributed by atoms with Crippen LogP contribution in [0.15, 0.2) is 0 Å². The van der Waals surface area contributed by atoms with Crippen LogP contribution in [0, 0.1) is 71.5 Å². The molecule has 0 N–H and O–H groups in total. The standard InChI is InChI=1S/C13H4/c1-3-5-7-9-11-13-12-10-8-6-4-2/h1H,2H3/i2D. The van der Waals surface area contributed by atoms with Crippen LogP contribution >= 0.6 is 0 Å². The van der Waals surface area contributed by atoms with Crippen molar-refractivity contribution in [2.75, 3.05) is 0 Å². The van der Waals surface area contributed by atoms with Gasteiger partial charge in [-0.15, -0.1) is 6.42 Å². The highest BCUT2D eigenvalue weighted by Crippen LogP contribution is 1.55. The summed E-state index contributed by atoms with van der Waals surface area (Å²) in [6.07, 6.45) is 4.86. The second-order valence-corrected chi connectivity index (χ2v) is 1.45. The molecule has 0 aromatic heterocycles. The topological polar surface area (TPSA) is 0 Å². The molecule has 0 aliphatic carbocycles. The molecule has 0 saturated carbocycles. The minimum absolute atomic E-state index is 0.0452. The Bertz CT molecular complexity index is 517. The minimum atomic E-state index is 0.0452. The van der Waals surface area contributed by atoms with E-state index in [0.29, 0.717) is 0 Å². The molecule has 0 rings (SSSR count). The van der Waals surface area contributed by atoms with Crippen molar-refractivity contribution in [1.29, 1.82) is 0 Å². The van der Waals surface area contributed by atoms with E-state index in [4.69, 9.17) is 7.79 Å². The van der Waals surface area contributed by atoms with Crippen LogP contribution in [-0.2, 0) is 0 Å². The van der Waals surface area contributed by atoms with Gasteiger partial charge in [0.1, 0.15) is 0 Å². The number of hydrogen-bond donors (Lipinski definition) is 0. The summed E-state index contributed by atoms with van der Waals surface area (Å²) in [6, 6.07) is 0. The van der Waals surface area contributed by atoms with Gasteiger partial charge in [0.05, 0.1) is 0 Å². The molecule has 0 fully saturated rings. The zero-order valence-corrected chi connectivity index (χ0v) is 6.78. The van der Waals surface area contributed by atoms with Crippen LogP contribution in [0.3, 0.4) is 0 Å². The smallest absolute Gasteiger partial charge is 0.0366 e. The Morgan fingerprint density at radius 3 is 1.69 bits per heavy atom. The van der Waals surface area contributed by atoms with Crippen molar-refractivity contribution in [3.05, 3.63) is 0 Å². The van der Waals surface area contributed by atoms with E-state index < -0.39 is 0 Å². The van der Waals surface area contributed by atoms with Crippen LogP contribution in [0.1, 0.15) is 8.27 Å². The quantitative estimate of drug-likeness (QED) is 0.458. The molecule has 0 spiro atoms. The molecule has 0 aromatic rings. The third-order valence-electron chi connectivity index (χ3n) is 0.661. The Hall–Kier alpha value is -2.64. The van der Waals surface area contributed by atoms with Crippen LogP contribution in [0.2, 0.25) is 0 Å². The first kappa shape index (κ1) is 8.46. The van der Waals surface area contributed by atoms with Crippen molar-refractivity contribution >= 4 is 0 Å². The molecule has 0 atom stereocenters. The molecule has 0 amide bonds. The monoisotopic (exact) mass is 161 g/mol. The Balaban J connectivity index is 4.11. The maximum absolute atomic E-state index is 6.68. The zero-order chi connectivity index (χ0) is 10.5. The summed E-state index contributed by atoms with van der Waals surface area (Å²) >= 11 is 0. The molecule has 0 nitrogen and oxygen atoms in total. The molecule has 0 heteroatoms. The third kappa shape index (κ3) is 9.36. The van der Waals surface area contributed by atoms with Gasteiger partial charge in [0, 0.05) is 1.37 Å². The highest BCUT2D eigenvalue weighted by molar-refractivity contribution is 5.43. The fraction of sp³-hybridized carbons (Fsp3) is 0.0769. The van der Waals surface area contributed by atoms with E-state index >= 15 is 0 Å². The highest BCUT2D eigenvalue weighted by atomic mass is 13.6. The van der Waals surface area contributed by atoms with Gasteiger partial charge >= 0.3 is 0 Å². The van der Waals surface area contributed by atoms with Gasteiger partial charge in [-0.1, -0.05) is 5.92 Å². The molecule has 0 radical (unpaired) electrons. The minimum Gasteiger partial charge on any atom is -0.106 e. The summed E-state index contributed by atoms with van der Waals surface area (Å²) in [5, 5.41) is 0. The summed E-state index contributed by atoms with van der Waals surface area (Å²) in [5.41, 5.74) is 0. The van der Waals surface area contributed by atoms with E-state index in [0.717, 1.165) is 0 Å². The first-order chi connectivity index (χ1) is 6.91. The Morgan fingerprint density at radius 1 is 0.769 bits per heavy atom. The van der Waals surface area contributed by atoms with Gasteiger partial charge in [0.25, 0.3) is 0 Å². The van der Waals surface area contributed by atoms with Gasteiger partial charge in [0.15, 0.2) is 0 Å². The summed E-state index contributed by atoms with van der Waals surface area (Å²) in [7, 11) is 0. The van der Waals surface area contributed by atoms with Gasteiger partial charge in [-0.05, 0) is 66.1 Å². The largest absolute Gasteiger partial charge is 0.106 e. The lowest BCUT2D eigenvalue weighted by atomic mass is 10.5. The molecular formula is C13H4. The van der Waals surface area contributed by atoms with Crippen LogP contribution in [-0.4, -0.2) is 0 Å². The number of rotatable bonds is 0. The fourth-order valence-corrected chi connectivity index (χ4v) is 0.299. The SMILES string of the molecule is [2H]CC#CC#CC#CC#CC#CC#C. The first-order valence-electron chi connectivity index (χ1n) is 3.85. The summed E-state index contributed by atoms with van der Waals surface area (Å²) in [5.74, 6) is 26.4. The Kier molecular flexibility index (Phi) is 6.09. The fourth-order valence-electron chi connectivity index (χ4n) is 0.299. The predicted octanol–water partition coefficient (Wildman–Crippen LogP) is 0.656. The van der Waals surface area contributed by atoms with E-state index in [1.807, 2.05) is 0 Å². The maximum atomic E-state index is 6.68. The summed E-state index contributed by atoms with van der Waals surface area (Å²) in [6.45, 7) is 0.0452. The van der Waals surface area contributed by atoms with E-state index in [1.54, 1.807) is 0 Å². The molecule has 0 aliphatic heterocycles. The lowest BCUT2D eigenvalue weighted by Crippen LogP contribution is -1.54. The average molecular weight is 161 g/mol. The van der Waals surface area contributed by atoms with E-state index in [-0.39, 0.29) is 6.90 Å². The van der Waals surface area contributed by atoms with Crippen molar-refractivity contribution in [2.45, 2.75) is 6.90 Å². The van der Waals surface area contributed by atoms with Crippen LogP contribution < -0.4 is 0 Å². The van der Waals surface area contributed by atoms with E-state index in [1.165, 1.54) is 0 Å². The third-order valence-corrected chi connectivity index (χ3v) is 0.661. The lowest BCUT2D eigenvalue weighted by molar-refractivity contribution is 1.92. The van der Waals surface area contributed by atoms with Gasteiger partial charge in [-0.2, -0.15) is 0 Å². The van der Waals surface area contributed by atoms with Gasteiger partial charge < -0.3 is 0 Å². The first-order valence-corrected chi connectivity index (χ1v) is 3.14. The predicted molar refractivity (Wildman–Crippen MR) is 53.4 cm³/mol. The molecule has 13 heavy (non-hydrogen) atoms. The molecular weight excluding hydrogens is 156 g/mol. The van der Waals surface area contributed by atoms with Gasteiger partial charge in [-0.25, -0.2) is 0 Å². The van der Waals surface area contributed by atoms with Gasteiger partial charge in [-0.3, -0.25) is 0 Å². The molecule has 0 heterocycles. The van der Waals surface area contributed by atoms with Crippen molar-refractivity contribution < 1.29 is 1.37 Å². The molecule has 0 saturated heterocycles. The van der Waals surface area contributed by atoms with E-state index in [2.05, 4.69) is 65.1 Å². The van der Waals surface area contributed by atoms with Crippen LogP contribution in [0.4, 0.5) is 0 Å². The van der Waals surface area contributed by atoms with Crippen molar-refractivity contribution in [2.24, 2.45) is 0 Å². The lowest BCUT2D eigenvalue weighted by Gasteiger charge is -1.54. The van der Waals surface area contributed by atoms with Crippen molar-refractivity contribution in [3.8, 4) is 71.5 Å². The van der Waals surface area contributed by atoms with E-state index in [9.17, 15) is 0 Å². The normalized spacial score (nSPS) is 4.69. The molecule has 0 unspecified atom stereocenters. The van der Waals surface area contributed by atoms with Crippen molar-refractivity contribution in [3.63, 3.8) is 0 Å². The Morgan fingerprint density at radius 2 is 1.23 bits per heavy atom. The second kappa shape index (κ2) is 9.36. The second-order valence-electron chi connectivity index (χ2n) is 1.45. The zero-order valence-electron chi connectivity index (χ0n) is 7.78. The molecule has 56 valence electrons. The summed E-state index contributed by atoms with van der Waals surface area (Å²) < 4.78 is 6.68. The molecule has 0 aromatic carbocycles. The van der Waals surface area contributed by atoms with Crippen LogP contribution in [0.5, 0.6) is 0 Å².